The standard InChI is InChI=1S/C28H23N3O4/c1-16-5-4-6-17(13-16)26-25-20(19-7-2-3-8-21(19)29-25)15-22-27(32)30(28(33)31(22)26)18-9-10-23-24(14-18)35-12-11-34-23/h2-10,13-14,22,26,29H,11-12,15H2,1H3/t22-,26+/m0/s1. The Bertz CT molecular complexity index is 1520. The first-order valence-corrected chi connectivity index (χ1v) is 11.8. The van der Waals surface area contributed by atoms with Gasteiger partial charge in [-0.15, -0.1) is 0 Å². The van der Waals surface area contributed by atoms with Gasteiger partial charge in [-0.3, -0.25) is 9.69 Å². The Labute approximate surface area is 201 Å². The predicted molar refractivity (Wildman–Crippen MR) is 131 cm³/mol. The minimum absolute atomic E-state index is 0.222. The van der Waals surface area contributed by atoms with Gasteiger partial charge in [0.1, 0.15) is 25.3 Å². The SMILES string of the molecule is Cc1cccc([C@@H]2c3[nH]c4ccccc4c3C[C@H]3C(=O)N(c4ccc5c(c4)OCCO5)C(=O)N23)c1. The van der Waals surface area contributed by atoms with E-state index in [9.17, 15) is 9.59 Å². The highest BCUT2D eigenvalue weighted by Crippen LogP contribution is 2.45. The molecule has 7 rings (SSSR count). The second kappa shape index (κ2) is 7.37. The highest BCUT2D eigenvalue weighted by molar-refractivity contribution is 6.22. The molecular weight excluding hydrogens is 442 g/mol. The number of imide groups is 1. The van der Waals surface area contributed by atoms with E-state index in [0.29, 0.717) is 36.8 Å². The van der Waals surface area contributed by atoms with E-state index in [0.717, 1.165) is 33.3 Å². The molecule has 0 aliphatic carbocycles. The number of benzene rings is 3. The Morgan fingerprint density at radius 2 is 1.74 bits per heavy atom. The van der Waals surface area contributed by atoms with Crippen molar-refractivity contribution in [3.8, 4) is 11.5 Å². The average Bonchev–Trinajstić information content (AvgIpc) is 3.37. The molecule has 0 unspecified atom stereocenters. The van der Waals surface area contributed by atoms with Crippen molar-refractivity contribution in [1.82, 2.24) is 9.88 Å². The largest absolute Gasteiger partial charge is 0.486 e. The number of amides is 3. The molecule has 2 atom stereocenters. The third kappa shape index (κ3) is 2.91. The molecular formula is C28H23N3O4. The molecule has 4 aromatic rings. The number of nitrogens with one attached hydrogen (secondary N) is 1. The number of hydrogen-bond acceptors (Lipinski definition) is 4. The molecule has 1 fully saturated rings. The van der Waals surface area contributed by atoms with Gasteiger partial charge in [-0.25, -0.2) is 9.69 Å². The van der Waals surface area contributed by atoms with Crippen LogP contribution in [0.25, 0.3) is 10.9 Å². The number of H-pyrrole nitrogens is 1. The summed E-state index contributed by atoms with van der Waals surface area (Å²) in [7, 11) is 0. The van der Waals surface area contributed by atoms with Crippen molar-refractivity contribution in [3.63, 3.8) is 0 Å². The van der Waals surface area contributed by atoms with E-state index in [1.165, 1.54) is 4.90 Å². The molecule has 1 saturated heterocycles. The number of nitrogens with zero attached hydrogens (tertiary/aromatic N) is 2. The topological polar surface area (TPSA) is 74.9 Å². The maximum Gasteiger partial charge on any atom is 0.332 e. The number of carbonyl (C=O) groups is 2. The number of hydrogen-bond donors (Lipinski definition) is 1. The van der Waals surface area contributed by atoms with Crippen molar-refractivity contribution >= 4 is 28.5 Å². The monoisotopic (exact) mass is 465 g/mol. The fourth-order valence-corrected chi connectivity index (χ4v) is 5.67. The van der Waals surface area contributed by atoms with Crippen LogP contribution in [-0.2, 0) is 11.2 Å². The van der Waals surface area contributed by atoms with Gasteiger partial charge in [-0.05, 0) is 36.2 Å². The Hall–Kier alpha value is -4.26. The van der Waals surface area contributed by atoms with Crippen LogP contribution in [0.3, 0.4) is 0 Å². The molecule has 174 valence electrons. The van der Waals surface area contributed by atoms with Gasteiger partial charge in [0.2, 0.25) is 0 Å². The van der Waals surface area contributed by atoms with Gasteiger partial charge in [-0.2, -0.15) is 0 Å². The molecule has 0 saturated carbocycles. The van der Waals surface area contributed by atoms with Crippen molar-refractivity contribution < 1.29 is 19.1 Å². The summed E-state index contributed by atoms with van der Waals surface area (Å²) in [4.78, 5) is 34.4. The van der Waals surface area contributed by atoms with Crippen LogP contribution >= 0.6 is 0 Å². The Balaban J connectivity index is 1.38. The number of carbonyl (C=O) groups excluding carboxylic acids is 2. The van der Waals surface area contributed by atoms with Gasteiger partial charge in [0.05, 0.1) is 5.69 Å². The van der Waals surface area contributed by atoms with Crippen LogP contribution in [0.5, 0.6) is 11.5 Å². The van der Waals surface area contributed by atoms with Gasteiger partial charge in [-0.1, -0.05) is 48.0 Å². The number of aryl methyl sites for hydroxylation is 1. The van der Waals surface area contributed by atoms with E-state index in [1.807, 2.05) is 43.3 Å². The quantitative estimate of drug-likeness (QED) is 0.435. The molecule has 3 aromatic carbocycles. The minimum Gasteiger partial charge on any atom is -0.486 e. The molecule has 3 aliphatic heterocycles. The van der Waals surface area contributed by atoms with Gasteiger partial charge in [0.25, 0.3) is 5.91 Å². The molecule has 3 aliphatic rings. The van der Waals surface area contributed by atoms with Gasteiger partial charge < -0.3 is 14.5 Å². The summed E-state index contributed by atoms with van der Waals surface area (Å²) in [5.41, 5.74) is 5.66. The van der Waals surface area contributed by atoms with E-state index in [-0.39, 0.29) is 11.9 Å². The van der Waals surface area contributed by atoms with Crippen LogP contribution in [0, 0.1) is 6.92 Å². The van der Waals surface area contributed by atoms with E-state index >= 15 is 0 Å². The first-order valence-electron chi connectivity index (χ1n) is 11.8. The summed E-state index contributed by atoms with van der Waals surface area (Å²) in [6.07, 6.45) is 0.466. The van der Waals surface area contributed by atoms with Crippen molar-refractivity contribution in [2.24, 2.45) is 0 Å². The summed E-state index contributed by atoms with van der Waals surface area (Å²) in [5.74, 6) is 0.946. The molecule has 0 bridgehead atoms. The lowest BCUT2D eigenvalue weighted by molar-refractivity contribution is -0.120. The molecule has 4 heterocycles. The second-order valence-corrected chi connectivity index (χ2v) is 9.29. The third-order valence-electron chi connectivity index (χ3n) is 7.19. The molecule has 3 amide bonds. The molecule has 1 aromatic heterocycles. The van der Waals surface area contributed by atoms with Crippen LogP contribution in [0.2, 0.25) is 0 Å². The normalized spacial score (nSPS) is 20.8. The molecule has 7 heteroatoms. The maximum absolute atomic E-state index is 14.0. The minimum atomic E-state index is -0.590. The summed E-state index contributed by atoms with van der Waals surface area (Å²) in [5, 5.41) is 1.10. The highest BCUT2D eigenvalue weighted by Gasteiger charge is 2.53. The zero-order valence-electron chi connectivity index (χ0n) is 19.2. The van der Waals surface area contributed by atoms with Gasteiger partial charge in [0.15, 0.2) is 11.5 Å². The third-order valence-corrected chi connectivity index (χ3v) is 7.19. The van der Waals surface area contributed by atoms with Crippen LogP contribution in [-0.4, -0.2) is 41.1 Å². The lowest BCUT2D eigenvalue weighted by atomic mass is 9.88. The molecule has 0 spiro atoms. The van der Waals surface area contributed by atoms with Crippen LogP contribution in [0.1, 0.15) is 28.4 Å². The van der Waals surface area contributed by atoms with Gasteiger partial charge in [0, 0.05) is 29.1 Å². The number of ether oxygens (including phenoxy) is 2. The molecule has 1 N–H and O–H groups in total. The number of aromatic nitrogens is 1. The lowest BCUT2D eigenvalue weighted by Gasteiger charge is -2.36. The molecule has 7 nitrogen and oxygen atoms in total. The Morgan fingerprint density at radius 3 is 2.60 bits per heavy atom. The van der Waals surface area contributed by atoms with Crippen molar-refractivity contribution in [1.29, 1.82) is 0 Å². The number of anilines is 1. The first-order chi connectivity index (χ1) is 17.1. The van der Waals surface area contributed by atoms with Crippen LogP contribution in [0.15, 0.2) is 66.7 Å². The summed E-state index contributed by atoms with van der Waals surface area (Å²) < 4.78 is 11.3. The fraction of sp³-hybridized carbons (Fsp3) is 0.214. The van der Waals surface area contributed by atoms with E-state index in [1.54, 1.807) is 23.1 Å². The zero-order chi connectivity index (χ0) is 23.7. The average molecular weight is 466 g/mol. The first kappa shape index (κ1) is 20.1. The summed E-state index contributed by atoms with van der Waals surface area (Å²) >= 11 is 0. The van der Waals surface area contributed by atoms with Gasteiger partial charge >= 0.3 is 6.03 Å². The van der Waals surface area contributed by atoms with Crippen LogP contribution in [0.4, 0.5) is 10.5 Å². The Morgan fingerprint density at radius 1 is 0.914 bits per heavy atom. The van der Waals surface area contributed by atoms with Crippen LogP contribution < -0.4 is 14.4 Å². The maximum atomic E-state index is 14.0. The van der Waals surface area contributed by atoms with Crippen molar-refractivity contribution in [3.05, 3.63) is 89.1 Å². The van der Waals surface area contributed by atoms with Crippen molar-refractivity contribution in [2.75, 3.05) is 18.1 Å². The fourth-order valence-electron chi connectivity index (χ4n) is 5.67. The Kier molecular flexibility index (Phi) is 4.24. The van der Waals surface area contributed by atoms with Crippen molar-refractivity contribution in [2.45, 2.75) is 25.4 Å². The predicted octanol–water partition coefficient (Wildman–Crippen LogP) is 4.73. The van der Waals surface area contributed by atoms with E-state index < -0.39 is 12.1 Å². The summed E-state index contributed by atoms with van der Waals surface area (Å²) in [6.45, 7) is 2.95. The van der Waals surface area contributed by atoms with E-state index in [2.05, 4.69) is 17.1 Å². The second-order valence-electron chi connectivity index (χ2n) is 9.29. The molecule has 0 radical (unpaired) electrons. The molecule has 35 heavy (non-hydrogen) atoms. The van der Waals surface area contributed by atoms with E-state index in [4.69, 9.17) is 9.47 Å². The smallest absolute Gasteiger partial charge is 0.332 e. The summed E-state index contributed by atoms with van der Waals surface area (Å²) in [6, 6.07) is 20.2. The number of fused-ring (bicyclic) bond motifs is 5. The number of aromatic amines is 1. The zero-order valence-corrected chi connectivity index (χ0v) is 19.2. The number of rotatable bonds is 2. The number of urea groups is 1. The highest BCUT2D eigenvalue weighted by atomic mass is 16.6. The lowest BCUT2D eigenvalue weighted by Crippen LogP contribution is -2.44. The number of para-hydroxylation sites is 1.